The van der Waals surface area contributed by atoms with Crippen LogP contribution < -0.4 is 11.1 Å². The first-order valence-corrected chi connectivity index (χ1v) is 6.43. The van der Waals surface area contributed by atoms with Crippen molar-refractivity contribution in [3.8, 4) is 0 Å². The van der Waals surface area contributed by atoms with Crippen LogP contribution in [0, 0.1) is 12.7 Å². The zero-order valence-electron chi connectivity index (χ0n) is 11.3. The second kappa shape index (κ2) is 6.30. The lowest BCUT2D eigenvalue weighted by molar-refractivity contribution is -0.117. The molecule has 2 aromatic carbocycles. The van der Waals surface area contributed by atoms with Crippen LogP contribution in [0.2, 0.25) is 0 Å². The molecule has 0 saturated carbocycles. The van der Waals surface area contributed by atoms with Crippen molar-refractivity contribution < 1.29 is 9.18 Å². The summed E-state index contributed by atoms with van der Waals surface area (Å²) in [6, 6.07) is 13.4. The van der Waals surface area contributed by atoms with Gasteiger partial charge in [-0.2, -0.15) is 0 Å². The van der Waals surface area contributed by atoms with Crippen LogP contribution in [0.4, 0.5) is 10.1 Å². The number of anilines is 1. The van der Waals surface area contributed by atoms with Gasteiger partial charge in [-0.15, -0.1) is 0 Å². The van der Waals surface area contributed by atoms with Crippen LogP contribution in [-0.4, -0.2) is 11.9 Å². The van der Waals surface area contributed by atoms with E-state index in [2.05, 4.69) is 5.32 Å². The van der Waals surface area contributed by atoms with Crippen molar-refractivity contribution in [2.75, 3.05) is 5.32 Å². The van der Waals surface area contributed by atoms with E-state index in [9.17, 15) is 9.18 Å². The number of amides is 1. The molecular formula is C16H17FN2O. The van der Waals surface area contributed by atoms with E-state index >= 15 is 0 Å². The number of hydrogen-bond acceptors (Lipinski definition) is 2. The van der Waals surface area contributed by atoms with Gasteiger partial charge in [0.05, 0.1) is 6.04 Å². The summed E-state index contributed by atoms with van der Waals surface area (Å²) in [4.78, 5) is 12.0. The molecule has 0 saturated heterocycles. The third kappa shape index (κ3) is 3.65. The first-order valence-electron chi connectivity index (χ1n) is 6.43. The smallest absolute Gasteiger partial charge is 0.241 e. The second-order valence-electron chi connectivity index (χ2n) is 4.75. The Morgan fingerprint density at radius 2 is 1.95 bits per heavy atom. The molecule has 2 rings (SSSR count). The summed E-state index contributed by atoms with van der Waals surface area (Å²) < 4.78 is 13.1. The van der Waals surface area contributed by atoms with Gasteiger partial charge in [-0.3, -0.25) is 4.79 Å². The van der Waals surface area contributed by atoms with Crippen LogP contribution in [0.3, 0.4) is 0 Å². The average molecular weight is 272 g/mol. The van der Waals surface area contributed by atoms with Gasteiger partial charge < -0.3 is 11.1 Å². The van der Waals surface area contributed by atoms with Crippen molar-refractivity contribution in [2.24, 2.45) is 5.73 Å². The molecule has 0 heterocycles. The molecule has 0 bridgehead atoms. The van der Waals surface area contributed by atoms with E-state index in [-0.39, 0.29) is 11.7 Å². The minimum atomic E-state index is -0.636. The Morgan fingerprint density at radius 1 is 1.25 bits per heavy atom. The van der Waals surface area contributed by atoms with E-state index in [0.717, 1.165) is 5.56 Å². The maximum Gasteiger partial charge on any atom is 0.241 e. The van der Waals surface area contributed by atoms with Gasteiger partial charge in [-0.1, -0.05) is 30.3 Å². The van der Waals surface area contributed by atoms with Crippen molar-refractivity contribution in [1.82, 2.24) is 0 Å². The molecule has 104 valence electrons. The summed E-state index contributed by atoms with van der Waals surface area (Å²) in [5.41, 5.74) is 7.92. The first-order chi connectivity index (χ1) is 9.56. The number of nitrogens with two attached hydrogens (primary N) is 1. The average Bonchev–Trinajstić information content (AvgIpc) is 2.44. The van der Waals surface area contributed by atoms with Crippen molar-refractivity contribution in [3.05, 3.63) is 65.5 Å². The highest BCUT2D eigenvalue weighted by molar-refractivity contribution is 5.94. The maximum absolute atomic E-state index is 13.1. The molecular weight excluding hydrogens is 255 g/mol. The highest BCUT2D eigenvalue weighted by atomic mass is 19.1. The molecule has 0 fully saturated rings. The standard InChI is InChI=1S/C16H17FN2O/c1-11-9-13(7-8-14(11)17)19-16(20)15(18)10-12-5-3-2-4-6-12/h2-9,15H,10,18H2,1H3,(H,19,20)/t15-/m1/s1. The Hall–Kier alpha value is -2.20. The van der Waals surface area contributed by atoms with Gasteiger partial charge in [0, 0.05) is 5.69 Å². The number of carbonyl (C=O) groups is 1. The van der Waals surface area contributed by atoms with Gasteiger partial charge >= 0.3 is 0 Å². The predicted octanol–water partition coefficient (Wildman–Crippen LogP) is 2.64. The summed E-state index contributed by atoms with van der Waals surface area (Å²) in [6.45, 7) is 1.65. The summed E-state index contributed by atoms with van der Waals surface area (Å²) in [6.07, 6.45) is 0.465. The number of hydrogen-bond donors (Lipinski definition) is 2. The van der Waals surface area contributed by atoms with E-state index in [0.29, 0.717) is 17.7 Å². The van der Waals surface area contributed by atoms with Crippen LogP contribution in [0.5, 0.6) is 0 Å². The van der Waals surface area contributed by atoms with Gasteiger partial charge in [-0.25, -0.2) is 4.39 Å². The van der Waals surface area contributed by atoms with Crippen LogP contribution in [-0.2, 0) is 11.2 Å². The molecule has 0 unspecified atom stereocenters. The van der Waals surface area contributed by atoms with Crippen LogP contribution in [0.15, 0.2) is 48.5 Å². The minimum absolute atomic E-state index is 0.278. The zero-order valence-corrected chi connectivity index (χ0v) is 11.3. The SMILES string of the molecule is Cc1cc(NC(=O)[C@H](N)Cc2ccccc2)ccc1F. The Morgan fingerprint density at radius 3 is 2.60 bits per heavy atom. The Labute approximate surface area is 117 Å². The van der Waals surface area contributed by atoms with Crippen LogP contribution in [0.25, 0.3) is 0 Å². The molecule has 2 aromatic rings. The maximum atomic E-state index is 13.1. The summed E-state index contributed by atoms with van der Waals surface area (Å²) in [7, 11) is 0. The number of carbonyl (C=O) groups excluding carboxylic acids is 1. The highest BCUT2D eigenvalue weighted by Crippen LogP contribution is 2.14. The minimum Gasteiger partial charge on any atom is -0.325 e. The predicted molar refractivity (Wildman–Crippen MR) is 77.9 cm³/mol. The van der Waals surface area contributed by atoms with Gasteiger partial charge in [-0.05, 0) is 42.7 Å². The molecule has 1 amide bonds. The molecule has 0 aliphatic heterocycles. The number of benzene rings is 2. The van der Waals surface area contributed by atoms with Gasteiger partial charge in [0.2, 0.25) is 5.91 Å². The summed E-state index contributed by atoms with van der Waals surface area (Å²) >= 11 is 0. The summed E-state index contributed by atoms with van der Waals surface area (Å²) in [5, 5.41) is 2.70. The van der Waals surface area contributed by atoms with E-state index in [1.165, 1.54) is 12.1 Å². The molecule has 1 atom stereocenters. The van der Waals surface area contributed by atoms with E-state index in [1.807, 2.05) is 30.3 Å². The molecule has 0 aliphatic carbocycles. The quantitative estimate of drug-likeness (QED) is 0.899. The number of rotatable bonds is 4. The lowest BCUT2D eigenvalue weighted by Gasteiger charge is -2.13. The second-order valence-corrected chi connectivity index (χ2v) is 4.75. The molecule has 3 nitrogen and oxygen atoms in total. The largest absolute Gasteiger partial charge is 0.325 e. The molecule has 4 heteroatoms. The van der Waals surface area contributed by atoms with E-state index < -0.39 is 6.04 Å². The first kappa shape index (κ1) is 14.2. The van der Waals surface area contributed by atoms with Crippen molar-refractivity contribution in [2.45, 2.75) is 19.4 Å². The van der Waals surface area contributed by atoms with Crippen LogP contribution in [0.1, 0.15) is 11.1 Å². The third-order valence-electron chi connectivity index (χ3n) is 3.06. The van der Waals surface area contributed by atoms with Gasteiger partial charge in [0.1, 0.15) is 5.82 Å². The third-order valence-corrected chi connectivity index (χ3v) is 3.06. The fraction of sp³-hybridized carbons (Fsp3) is 0.188. The number of halogens is 1. The molecule has 0 radical (unpaired) electrons. The number of aryl methyl sites for hydroxylation is 1. The van der Waals surface area contributed by atoms with Crippen molar-refractivity contribution in [1.29, 1.82) is 0 Å². The monoisotopic (exact) mass is 272 g/mol. The molecule has 3 N–H and O–H groups in total. The lowest BCUT2D eigenvalue weighted by atomic mass is 10.1. The molecule has 0 aliphatic rings. The van der Waals surface area contributed by atoms with Gasteiger partial charge in [0.25, 0.3) is 0 Å². The van der Waals surface area contributed by atoms with E-state index in [4.69, 9.17) is 5.73 Å². The topological polar surface area (TPSA) is 55.1 Å². The summed E-state index contributed by atoms with van der Waals surface area (Å²) in [5.74, 6) is -0.573. The highest BCUT2D eigenvalue weighted by Gasteiger charge is 2.14. The Bertz CT molecular complexity index is 599. The van der Waals surface area contributed by atoms with E-state index in [1.54, 1.807) is 13.0 Å². The zero-order chi connectivity index (χ0) is 14.5. The fourth-order valence-corrected chi connectivity index (χ4v) is 1.92. The number of nitrogens with one attached hydrogen (secondary N) is 1. The van der Waals surface area contributed by atoms with Gasteiger partial charge in [0.15, 0.2) is 0 Å². The van der Waals surface area contributed by atoms with Crippen molar-refractivity contribution >= 4 is 11.6 Å². The van der Waals surface area contributed by atoms with Crippen LogP contribution >= 0.6 is 0 Å². The molecule has 20 heavy (non-hydrogen) atoms. The lowest BCUT2D eigenvalue weighted by Crippen LogP contribution is -2.37. The molecule has 0 spiro atoms. The molecule has 0 aromatic heterocycles. The Balaban J connectivity index is 1.99. The van der Waals surface area contributed by atoms with Crippen molar-refractivity contribution in [3.63, 3.8) is 0 Å². The fourth-order valence-electron chi connectivity index (χ4n) is 1.92. The Kier molecular flexibility index (Phi) is 4.48. The normalized spacial score (nSPS) is 11.9.